The quantitative estimate of drug-likeness (QED) is 0.100. The minimum Gasteiger partial charge on any atom is -0.462 e. The summed E-state index contributed by atoms with van der Waals surface area (Å²) in [5.41, 5.74) is 2.44. The Morgan fingerprint density at radius 3 is 1.68 bits per heavy atom. The number of hydrogen-bond donors (Lipinski definition) is 1. The molecule has 2 amide bonds. The number of hydrogen-bond acceptors (Lipinski definition) is 19. The molecule has 0 radical (unpaired) electrons. The van der Waals surface area contributed by atoms with Crippen molar-refractivity contribution in [2.75, 3.05) is 41.0 Å². The Morgan fingerprint density at radius 1 is 0.681 bits per heavy atom. The highest BCUT2D eigenvalue weighted by Crippen LogP contribution is 2.39. The SMILES string of the molecule is CO[C@H]1O[C@H](CO[C@]2(C(=O)OCC(=O)N(C)C)C[C@H](OC(C)=O)[C@@H](NC(C)=O)[C@H]([C@H](OC(C)=O)[C@@H](COC(C)=O)OC(C)=O)O2)[C@@H](OCc2ccccc2)[C@H](OCc2ccccc2)[C@H]1OCc1ccccc1. The van der Waals surface area contributed by atoms with Crippen LogP contribution in [0.5, 0.6) is 0 Å². The summed E-state index contributed by atoms with van der Waals surface area (Å²) >= 11 is 0. The lowest BCUT2D eigenvalue weighted by molar-refractivity contribution is -0.348. The van der Waals surface area contributed by atoms with Gasteiger partial charge >= 0.3 is 29.8 Å². The van der Waals surface area contributed by atoms with Gasteiger partial charge in [0.1, 0.15) is 43.2 Å². The standard InChI is InChI=1S/C51H64N2O19/c1-31(54)52-43-39(68-33(3)56)24-51(50(60)66-30-42(59)53(6)7,72-46(43)45(70-35(5)58)40(69-34(4)57)28-62-32(2)55)67-29-41-44(63-25-36-18-12-9-13-19-36)47(64-26-37-20-14-10-15-21-37)48(49(61-8)71-41)65-27-38-22-16-11-17-23-38/h9-23,39-41,43-49H,24-30H2,1-8H3,(H,52,54)/t39-,40+,41+,43+,44+,45+,46+,47-,48+,49-,51+/m0/s1. The van der Waals surface area contributed by atoms with Gasteiger partial charge in [-0.1, -0.05) is 91.0 Å². The summed E-state index contributed by atoms with van der Waals surface area (Å²) in [6.45, 7) is 3.37. The molecule has 21 heteroatoms. The van der Waals surface area contributed by atoms with Crippen LogP contribution in [-0.2, 0) is 110 Å². The second kappa shape index (κ2) is 27.5. The van der Waals surface area contributed by atoms with Crippen molar-refractivity contribution in [1.82, 2.24) is 10.2 Å². The predicted octanol–water partition coefficient (Wildman–Crippen LogP) is 3.11. The number of ether oxygens (including phenoxy) is 12. The third-order valence-electron chi connectivity index (χ3n) is 11.3. The molecular formula is C51H64N2O19. The van der Waals surface area contributed by atoms with Gasteiger partial charge in [0.2, 0.25) is 5.91 Å². The van der Waals surface area contributed by atoms with E-state index >= 15 is 0 Å². The minimum atomic E-state index is -2.75. The van der Waals surface area contributed by atoms with Gasteiger partial charge in [-0.2, -0.15) is 0 Å². The van der Waals surface area contributed by atoms with Gasteiger partial charge in [-0.3, -0.25) is 28.8 Å². The summed E-state index contributed by atoms with van der Waals surface area (Å²) in [6.07, 6.45) is -13.1. The largest absolute Gasteiger partial charge is 0.462 e. The van der Waals surface area contributed by atoms with Gasteiger partial charge in [0.15, 0.2) is 25.1 Å². The summed E-state index contributed by atoms with van der Waals surface area (Å²) in [5, 5.41) is 2.64. The minimum absolute atomic E-state index is 0.0227. The maximum absolute atomic E-state index is 14.9. The van der Waals surface area contributed by atoms with Gasteiger partial charge in [-0.25, -0.2) is 4.79 Å². The smallest absolute Gasteiger partial charge is 0.367 e. The molecule has 3 aromatic carbocycles. The summed E-state index contributed by atoms with van der Waals surface area (Å²) < 4.78 is 73.6. The molecule has 1 N–H and O–H groups in total. The molecule has 2 heterocycles. The lowest BCUT2D eigenvalue weighted by Crippen LogP contribution is -2.70. The molecule has 0 bridgehead atoms. The van der Waals surface area contributed by atoms with Crippen LogP contribution < -0.4 is 5.32 Å². The van der Waals surface area contributed by atoms with E-state index in [1.165, 1.54) is 21.2 Å². The van der Waals surface area contributed by atoms with Gasteiger partial charge < -0.3 is 67.1 Å². The molecule has 72 heavy (non-hydrogen) atoms. The molecule has 0 saturated carbocycles. The van der Waals surface area contributed by atoms with E-state index in [1.54, 1.807) is 0 Å². The maximum atomic E-state index is 14.9. The van der Waals surface area contributed by atoms with Crippen molar-refractivity contribution in [2.24, 2.45) is 0 Å². The molecule has 21 nitrogen and oxygen atoms in total. The van der Waals surface area contributed by atoms with Crippen LogP contribution in [0.25, 0.3) is 0 Å². The highest BCUT2D eigenvalue weighted by Gasteiger charge is 2.60. The number of benzene rings is 3. The van der Waals surface area contributed by atoms with Crippen molar-refractivity contribution in [3.8, 4) is 0 Å². The number of amides is 2. The van der Waals surface area contributed by atoms with E-state index in [9.17, 15) is 33.6 Å². The Morgan fingerprint density at radius 2 is 1.21 bits per heavy atom. The third kappa shape index (κ3) is 16.6. The van der Waals surface area contributed by atoms with Crippen molar-refractivity contribution < 1.29 is 90.4 Å². The molecule has 0 aromatic heterocycles. The van der Waals surface area contributed by atoms with Gasteiger partial charge in [-0.15, -0.1) is 0 Å². The van der Waals surface area contributed by atoms with E-state index in [0.29, 0.717) is 0 Å². The summed E-state index contributed by atoms with van der Waals surface area (Å²) in [6, 6.07) is 26.5. The second-order valence-electron chi connectivity index (χ2n) is 17.2. The monoisotopic (exact) mass is 1010 g/mol. The molecular weight excluding hydrogens is 945 g/mol. The molecule has 0 spiro atoms. The summed E-state index contributed by atoms with van der Waals surface area (Å²) in [5.74, 6) is -9.04. The predicted molar refractivity (Wildman–Crippen MR) is 249 cm³/mol. The van der Waals surface area contributed by atoms with E-state index in [2.05, 4.69) is 5.32 Å². The van der Waals surface area contributed by atoms with E-state index in [4.69, 9.17) is 56.8 Å². The van der Waals surface area contributed by atoms with E-state index in [-0.39, 0.29) is 19.8 Å². The fraction of sp³-hybridized carbons (Fsp3) is 0.510. The van der Waals surface area contributed by atoms with Gasteiger partial charge in [0.25, 0.3) is 11.7 Å². The molecule has 11 atom stereocenters. The Balaban J connectivity index is 1.66. The molecule has 2 aliphatic rings. The maximum Gasteiger partial charge on any atom is 0.367 e. The third-order valence-corrected chi connectivity index (χ3v) is 11.3. The van der Waals surface area contributed by atoms with Crippen LogP contribution in [-0.4, -0.2) is 155 Å². The van der Waals surface area contributed by atoms with Crippen LogP contribution >= 0.6 is 0 Å². The van der Waals surface area contributed by atoms with Crippen LogP contribution in [0, 0.1) is 0 Å². The number of carbonyl (C=O) groups is 7. The Kier molecular flexibility index (Phi) is 21.6. The average molecular weight is 1010 g/mol. The fourth-order valence-electron chi connectivity index (χ4n) is 8.04. The number of methoxy groups -OCH3 is 1. The zero-order valence-electron chi connectivity index (χ0n) is 41.6. The van der Waals surface area contributed by atoms with Gasteiger partial charge in [-0.05, 0) is 16.7 Å². The molecule has 2 aliphatic heterocycles. The first-order valence-electron chi connectivity index (χ1n) is 23.2. The van der Waals surface area contributed by atoms with Crippen LogP contribution in [0.1, 0.15) is 57.7 Å². The lowest BCUT2D eigenvalue weighted by atomic mass is 9.87. The number of carbonyl (C=O) groups excluding carboxylic acids is 7. The van der Waals surface area contributed by atoms with Crippen molar-refractivity contribution in [2.45, 2.75) is 128 Å². The van der Waals surface area contributed by atoms with Crippen molar-refractivity contribution >= 4 is 41.7 Å². The van der Waals surface area contributed by atoms with Crippen LogP contribution in [0.3, 0.4) is 0 Å². The number of rotatable bonds is 24. The highest BCUT2D eigenvalue weighted by molar-refractivity contribution is 5.83. The Labute approximate surface area is 417 Å². The number of likely N-dealkylation sites (N-methyl/N-ethyl adjacent to an activating group) is 1. The first-order chi connectivity index (χ1) is 34.4. The fourth-order valence-corrected chi connectivity index (χ4v) is 8.04. The number of nitrogens with zero attached hydrogens (tertiary/aromatic N) is 1. The number of esters is 5. The highest BCUT2D eigenvalue weighted by atomic mass is 16.8. The molecule has 0 aliphatic carbocycles. The lowest BCUT2D eigenvalue weighted by Gasteiger charge is -2.49. The van der Waals surface area contributed by atoms with Gasteiger partial charge in [0, 0.05) is 55.8 Å². The second-order valence-corrected chi connectivity index (χ2v) is 17.2. The average Bonchev–Trinajstić information content (AvgIpc) is 3.34. The van der Waals surface area contributed by atoms with Crippen molar-refractivity contribution in [3.05, 3.63) is 108 Å². The number of nitrogens with one attached hydrogen (secondary N) is 1. The first kappa shape index (κ1) is 56.6. The van der Waals surface area contributed by atoms with Gasteiger partial charge in [0.05, 0.1) is 38.9 Å². The molecule has 0 unspecified atom stereocenters. The Hall–Kier alpha value is -6.33. The topological polar surface area (TPSA) is 246 Å². The van der Waals surface area contributed by atoms with E-state index in [1.807, 2.05) is 91.0 Å². The van der Waals surface area contributed by atoms with Crippen LogP contribution in [0.4, 0.5) is 0 Å². The molecule has 5 rings (SSSR count). The molecule has 2 saturated heterocycles. The zero-order valence-corrected chi connectivity index (χ0v) is 41.6. The normalized spacial score (nSPS) is 24.6. The zero-order chi connectivity index (χ0) is 52.4. The van der Waals surface area contributed by atoms with Crippen LogP contribution in [0.2, 0.25) is 0 Å². The van der Waals surface area contributed by atoms with E-state index < -0.39 is 135 Å². The van der Waals surface area contributed by atoms with Crippen molar-refractivity contribution in [1.29, 1.82) is 0 Å². The van der Waals surface area contributed by atoms with Crippen LogP contribution in [0.15, 0.2) is 91.0 Å². The molecule has 3 aromatic rings. The molecule has 392 valence electrons. The summed E-state index contributed by atoms with van der Waals surface area (Å²) in [7, 11) is 4.27. The molecule has 2 fully saturated rings. The van der Waals surface area contributed by atoms with E-state index in [0.717, 1.165) is 56.2 Å². The summed E-state index contributed by atoms with van der Waals surface area (Å²) in [4.78, 5) is 92.5. The Bertz CT molecular complexity index is 2250. The van der Waals surface area contributed by atoms with Crippen molar-refractivity contribution in [3.63, 3.8) is 0 Å². The first-order valence-corrected chi connectivity index (χ1v) is 23.2.